The summed E-state index contributed by atoms with van der Waals surface area (Å²) in [5.74, 6) is 0.868. The summed E-state index contributed by atoms with van der Waals surface area (Å²) in [4.78, 5) is 53.8. The second kappa shape index (κ2) is 15.3. The number of nitrogens with zero attached hydrogens (tertiary/aromatic N) is 1. The largest absolute Gasteiger partial charge is 0.468 e. The second-order valence-electron chi connectivity index (χ2n) is 10.2. The van der Waals surface area contributed by atoms with Gasteiger partial charge >= 0.3 is 12.1 Å². The number of rotatable bonds is 12. The average molecular weight is 550 g/mol. The first-order valence-electron chi connectivity index (χ1n) is 13.2. The lowest BCUT2D eigenvalue weighted by atomic mass is 9.99. The van der Waals surface area contributed by atoms with Crippen molar-refractivity contribution in [2.75, 3.05) is 20.2 Å². The van der Waals surface area contributed by atoms with Crippen molar-refractivity contribution >= 4 is 23.9 Å². The zero-order valence-electron chi connectivity index (χ0n) is 23.9. The van der Waals surface area contributed by atoms with Crippen molar-refractivity contribution in [3.05, 3.63) is 71.3 Å². The number of unbranched alkanes of at least 4 members (excludes halogenated alkanes) is 1. The van der Waals surface area contributed by atoms with Crippen LogP contribution < -0.4 is 10.6 Å². The SMILES string of the molecule is C#Cc1ccc(C(C(=O)NCC(=O)OC)N(CCCC)C(=O)C(Cc2ccccc2)NC(=O)OC(C)(C)C)cc1. The van der Waals surface area contributed by atoms with Gasteiger partial charge in [0.15, 0.2) is 0 Å². The Morgan fingerprint density at radius 2 is 1.68 bits per heavy atom. The fourth-order valence-corrected chi connectivity index (χ4v) is 3.96. The predicted octanol–water partition coefficient (Wildman–Crippen LogP) is 3.76. The van der Waals surface area contributed by atoms with Gasteiger partial charge in [-0.3, -0.25) is 14.4 Å². The summed E-state index contributed by atoms with van der Waals surface area (Å²) >= 11 is 0. The molecule has 2 aromatic carbocycles. The molecule has 2 aromatic rings. The number of alkyl carbamates (subject to hydrolysis) is 1. The summed E-state index contributed by atoms with van der Waals surface area (Å²) in [5, 5.41) is 5.29. The van der Waals surface area contributed by atoms with Crippen LogP contribution in [-0.2, 0) is 30.3 Å². The number of ether oxygens (including phenoxy) is 2. The van der Waals surface area contributed by atoms with E-state index in [0.29, 0.717) is 17.5 Å². The molecule has 0 spiro atoms. The highest BCUT2D eigenvalue weighted by atomic mass is 16.6. The van der Waals surface area contributed by atoms with E-state index in [0.717, 1.165) is 12.0 Å². The highest BCUT2D eigenvalue weighted by molar-refractivity contribution is 5.93. The number of hydrogen-bond donors (Lipinski definition) is 2. The van der Waals surface area contributed by atoms with Crippen molar-refractivity contribution in [2.24, 2.45) is 0 Å². The maximum atomic E-state index is 14.2. The van der Waals surface area contributed by atoms with Crippen LogP contribution in [0, 0.1) is 12.3 Å². The van der Waals surface area contributed by atoms with Crippen molar-refractivity contribution in [1.29, 1.82) is 0 Å². The minimum atomic E-state index is -1.10. The van der Waals surface area contributed by atoms with Gasteiger partial charge in [0.1, 0.15) is 24.2 Å². The summed E-state index contributed by atoms with van der Waals surface area (Å²) in [6, 6.07) is 13.8. The average Bonchev–Trinajstić information content (AvgIpc) is 2.92. The molecule has 9 heteroatoms. The smallest absolute Gasteiger partial charge is 0.408 e. The van der Waals surface area contributed by atoms with Crippen LogP contribution in [0.3, 0.4) is 0 Å². The van der Waals surface area contributed by atoms with E-state index in [2.05, 4.69) is 21.3 Å². The zero-order valence-corrected chi connectivity index (χ0v) is 23.9. The minimum absolute atomic E-state index is 0.175. The molecule has 9 nitrogen and oxygen atoms in total. The molecule has 0 aliphatic carbocycles. The molecule has 2 rings (SSSR count). The molecule has 0 aliphatic rings. The van der Waals surface area contributed by atoms with Crippen molar-refractivity contribution < 1.29 is 28.7 Å². The fourth-order valence-electron chi connectivity index (χ4n) is 3.96. The van der Waals surface area contributed by atoms with E-state index in [4.69, 9.17) is 11.2 Å². The topological polar surface area (TPSA) is 114 Å². The van der Waals surface area contributed by atoms with Gasteiger partial charge in [-0.2, -0.15) is 0 Å². The third kappa shape index (κ3) is 10.1. The highest BCUT2D eigenvalue weighted by Crippen LogP contribution is 2.25. The Morgan fingerprint density at radius 1 is 1.02 bits per heavy atom. The summed E-state index contributed by atoms with van der Waals surface area (Å²) in [6.45, 7) is 7.02. The van der Waals surface area contributed by atoms with Gasteiger partial charge in [0.05, 0.1) is 7.11 Å². The van der Waals surface area contributed by atoms with Gasteiger partial charge in [-0.15, -0.1) is 6.42 Å². The Hall–Kier alpha value is -4.32. The van der Waals surface area contributed by atoms with E-state index in [1.165, 1.54) is 12.0 Å². The molecule has 214 valence electrons. The van der Waals surface area contributed by atoms with Crippen LogP contribution in [0.15, 0.2) is 54.6 Å². The van der Waals surface area contributed by atoms with E-state index in [1.54, 1.807) is 45.0 Å². The highest BCUT2D eigenvalue weighted by Gasteiger charge is 2.36. The molecule has 0 saturated carbocycles. The third-order valence-electron chi connectivity index (χ3n) is 5.90. The van der Waals surface area contributed by atoms with Crippen molar-refractivity contribution in [2.45, 2.75) is 64.6 Å². The lowest BCUT2D eigenvalue weighted by Gasteiger charge is -2.34. The van der Waals surface area contributed by atoms with Crippen molar-refractivity contribution in [1.82, 2.24) is 15.5 Å². The molecular formula is C31H39N3O6. The molecule has 2 N–H and O–H groups in total. The Balaban J connectivity index is 2.54. The van der Waals surface area contributed by atoms with Gasteiger partial charge in [-0.25, -0.2) is 4.79 Å². The van der Waals surface area contributed by atoms with Gasteiger partial charge in [-0.1, -0.05) is 61.7 Å². The van der Waals surface area contributed by atoms with Gasteiger partial charge < -0.3 is 25.0 Å². The molecule has 2 unspecified atom stereocenters. The van der Waals surface area contributed by atoms with E-state index in [1.807, 2.05) is 37.3 Å². The molecule has 0 heterocycles. The Bertz CT molecular complexity index is 1180. The lowest BCUT2D eigenvalue weighted by molar-refractivity contribution is -0.144. The molecule has 0 radical (unpaired) electrons. The predicted molar refractivity (Wildman–Crippen MR) is 152 cm³/mol. The van der Waals surface area contributed by atoms with Crippen LogP contribution in [-0.4, -0.2) is 60.6 Å². The van der Waals surface area contributed by atoms with Crippen LogP contribution in [0.4, 0.5) is 4.79 Å². The molecule has 3 amide bonds. The summed E-state index contributed by atoms with van der Waals surface area (Å²) in [7, 11) is 1.22. The van der Waals surface area contributed by atoms with E-state index >= 15 is 0 Å². The Morgan fingerprint density at radius 3 is 2.23 bits per heavy atom. The summed E-state index contributed by atoms with van der Waals surface area (Å²) in [5.41, 5.74) is 1.15. The van der Waals surface area contributed by atoms with E-state index in [-0.39, 0.29) is 19.5 Å². The monoisotopic (exact) mass is 549 g/mol. The minimum Gasteiger partial charge on any atom is -0.468 e. The molecule has 2 atom stereocenters. The van der Waals surface area contributed by atoms with Gasteiger partial charge in [-0.05, 0) is 50.5 Å². The van der Waals surface area contributed by atoms with Gasteiger partial charge in [0.2, 0.25) is 11.8 Å². The zero-order chi connectivity index (χ0) is 29.7. The summed E-state index contributed by atoms with van der Waals surface area (Å²) < 4.78 is 10.1. The van der Waals surface area contributed by atoms with Crippen LogP contribution in [0.25, 0.3) is 0 Å². The number of carbonyl (C=O) groups excluding carboxylic acids is 4. The molecule has 40 heavy (non-hydrogen) atoms. The van der Waals surface area contributed by atoms with Crippen LogP contribution in [0.5, 0.6) is 0 Å². The first-order valence-corrected chi connectivity index (χ1v) is 13.2. The van der Waals surface area contributed by atoms with Crippen molar-refractivity contribution in [3.8, 4) is 12.3 Å². The van der Waals surface area contributed by atoms with E-state index < -0.39 is 41.6 Å². The van der Waals surface area contributed by atoms with Gasteiger partial charge in [0, 0.05) is 18.5 Å². The number of benzene rings is 2. The van der Waals surface area contributed by atoms with E-state index in [9.17, 15) is 19.2 Å². The van der Waals surface area contributed by atoms with Gasteiger partial charge in [0.25, 0.3) is 0 Å². The number of nitrogens with one attached hydrogen (secondary N) is 2. The Labute approximate surface area is 236 Å². The Kier molecular flexibility index (Phi) is 12.2. The molecule has 0 saturated heterocycles. The number of hydrogen-bond acceptors (Lipinski definition) is 6. The molecule has 0 fully saturated rings. The lowest BCUT2D eigenvalue weighted by Crippen LogP contribution is -2.54. The number of amides is 3. The maximum absolute atomic E-state index is 14.2. The fraction of sp³-hybridized carbons (Fsp3) is 0.419. The standard InChI is InChI=1S/C31H39N3O6/c1-7-9-19-34(27(28(36)32-21-26(35)39-6)24-17-15-22(8-2)16-18-24)29(37)25(20-23-13-11-10-12-14-23)33-30(38)40-31(3,4)5/h2,10-18,25,27H,7,9,19-21H2,1,3-6H3,(H,32,36)(H,33,38). The maximum Gasteiger partial charge on any atom is 0.408 e. The molecule has 0 aliphatic heterocycles. The van der Waals surface area contributed by atoms with Crippen LogP contribution in [0.1, 0.15) is 63.3 Å². The number of terminal acetylenes is 1. The molecular weight excluding hydrogens is 510 g/mol. The summed E-state index contributed by atoms with van der Waals surface area (Å²) in [6.07, 6.45) is 6.28. The van der Waals surface area contributed by atoms with Crippen LogP contribution in [0.2, 0.25) is 0 Å². The molecule has 0 bridgehead atoms. The normalized spacial score (nSPS) is 12.3. The number of esters is 1. The van der Waals surface area contributed by atoms with Crippen molar-refractivity contribution in [3.63, 3.8) is 0 Å². The first kappa shape index (κ1) is 31.9. The number of methoxy groups -OCH3 is 1. The molecule has 0 aromatic heterocycles. The number of carbonyl (C=O) groups is 4. The first-order chi connectivity index (χ1) is 19.0. The van der Waals surface area contributed by atoms with Crippen LogP contribution >= 0.6 is 0 Å². The second-order valence-corrected chi connectivity index (χ2v) is 10.2. The third-order valence-corrected chi connectivity index (χ3v) is 5.90. The quantitative estimate of drug-likeness (QED) is 0.308.